The first kappa shape index (κ1) is 50.0. The van der Waals surface area contributed by atoms with Gasteiger partial charge in [-0.3, -0.25) is 0 Å². The largest absolute Gasteiger partial charge is 0.334 e. The fourth-order valence-electron chi connectivity index (χ4n) is 14.1. The number of fused-ring (bicyclic) bond motifs is 11. The Morgan fingerprint density at radius 3 is 1.75 bits per heavy atom. The van der Waals surface area contributed by atoms with Crippen molar-refractivity contribution in [2.24, 2.45) is 0 Å². The Morgan fingerprint density at radius 1 is 0.442 bits per heavy atom. The van der Waals surface area contributed by atoms with Gasteiger partial charge < -0.3 is 14.7 Å². The third kappa shape index (κ3) is 7.56. The second-order valence-corrected chi connectivity index (χ2v) is 28.8. The smallest absolute Gasteiger partial charge is 0.254 e. The molecule has 0 saturated heterocycles. The number of anilines is 8. The molecule has 3 aliphatic heterocycles. The Labute approximate surface area is 464 Å². The van der Waals surface area contributed by atoms with E-state index in [0.29, 0.717) is 0 Å². The first-order valence-electron chi connectivity index (χ1n) is 28.6. The van der Waals surface area contributed by atoms with Crippen molar-refractivity contribution in [1.82, 2.24) is 0 Å². The van der Waals surface area contributed by atoms with Gasteiger partial charge in [-0.05, 0) is 157 Å². The van der Waals surface area contributed by atoms with Gasteiger partial charge in [0.2, 0.25) is 0 Å². The van der Waals surface area contributed by atoms with E-state index in [4.69, 9.17) is 0 Å². The SMILES string of the molecule is CC(C)(C)c1cccc(N2c3cc(C(C)(C)C)ccc3B3c4c2cc(N2c5ccc(C(C)(C)C)cc5C5(C)CCCCC25C)cc4N(c2ccc(C(C)(C)C)cc2-c2ccccc2)c2ccc4c(sc5ccccc54)c23)c1. The van der Waals surface area contributed by atoms with E-state index in [9.17, 15) is 0 Å². The van der Waals surface area contributed by atoms with Crippen LogP contribution in [0.3, 0.4) is 0 Å². The van der Waals surface area contributed by atoms with Crippen LogP contribution in [0.1, 0.15) is 150 Å². The molecule has 0 bridgehead atoms. The van der Waals surface area contributed by atoms with Crippen molar-refractivity contribution in [2.45, 2.75) is 155 Å². The molecule has 0 radical (unpaired) electrons. The van der Waals surface area contributed by atoms with E-state index in [-0.39, 0.29) is 39.3 Å². The second kappa shape index (κ2) is 17.0. The molecule has 13 rings (SSSR count). The standard InChI is InChI=1S/C72H76BN3S/c1-67(2,3)46-25-22-26-50(39-46)74-60-42-49(70(10,11)12)29-33-56(60)73-64-61(74)43-51(76-58-35-31-48(69(7,8)9)41-55(58)71(13)37-20-21-38-72(71,76)14)44-62(64)75(59-36-32-53-52-27-18-19-28-63(52)77-66(53)65(59)73)57-34-30-47(68(4,5)6)40-54(57)45-23-16-15-17-24-45/h15-19,22-36,39-44H,20-21,37-38H2,1-14H3. The molecule has 388 valence electrons. The van der Waals surface area contributed by atoms with Gasteiger partial charge in [0.15, 0.2) is 0 Å². The summed E-state index contributed by atoms with van der Waals surface area (Å²) < 4.78 is 2.70. The fourth-order valence-corrected chi connectivity index (χ4v) is 15.4. The van der Waals surface area contributed by atoms with E-state index < -0.39 is 0 Å². The highest BCUT2D eigenvalue weighted by Crippen LogP contribution is 2.62. The predicted octanol–water partition coefficient (Wildman–Crippen LogP) is 18.7. The zero-order valence-electron chi connectivity index (χ0n) is 48.2. The van der Waals surface area contributed by atoms with E-state index in [1.165, 1.54) is 140 Å². The highest BCUT2D eigenvalue weighted by molar-refractivity contribution is 7.28. The third-order valence-corrected chi connectivity index (χ3v) is 20.0. The highest BCUT2D eigenvalue weighted by Gasteiger charge is 2.58. The molecule has 77 heavy (non-hydrogen) atoms. The Kier molecular flexibility index (Phi) is 11.0. The molecule has 2 unspecified atom stereocenters. The lowest BCUT2D eigenvalue weighted by Crippen LogP contribution is -2.61. The molecule has 5 heteroatoms. The molecule has 8 aromatic carbocycles. The molecule has 1 aromatic heterocycles. The van der Waals surface area contributed by atoms with Gasteiger partial charge in [0, 0.05) is 65.6 Å². The zero-order valence-corrected chi connectivity index (χ0v) is 49.0. The minimum atomic E-state index is -0.169. The summed E-state index contributed by atoms with van der Waals surface area (Å²) in [6, 6.07) is 62.4. The van der Waals surface area contributed by atoms with Crippen LogP contribution < -0.4 is 31.1 Å². The molecular formula is C72H76BN3S. The summed E-state index contributed by atoms with van der Waals surface area (Å²) in [4.78, 5) is 8.25. The summed E-state index contributed by atoms with van der Waals surface area (Å²) in [6.45, 7) is 33.5. The van der Waals surface area contributed by atoms with Gasteiger partial charge in [0.05, 0.1) is 11.2 Å². The van der Waals surface area contributed by atoms with Crippen LogP contribution in [0.25, 0.3) is 31.3 Å². The molecule has 1 aliphatic carbocycles. The molecule has 0 N–H and O–H groups in total. The van der Waals surface area contributed by atoms with Crippen LogP contribution in [0.15, 0.2) is 158 Å². The monoisotopic (exact) mass is 1030 g/mol. The normalized spacial score (nSPS) is 19.1. The number of benzene rings is 8. The highest BCUT2D eigenvalue weighted by atomic mass is 32.1. The van der Waals surface area contributed by atoms with Crippen LogP contribution in [-0.2, 0) is 27.1 Å². The van der Waals surface area contributed by atoms with Crippen LogP contribution in [-0.4, -0.2) is 12.3 Å². The maximum absolute atomic E-state index is 2.84. The van der Waals surface area contributed by atoms with E-state index in [2.05, 4.69) is 269 Å². The van der Waals surface area contributed by atoms with E-state index in [1.54, 1.807) is 0 Å². The van der Waals surface area contributed by atoms with Crippen molar-refractivity contribution in [3.8, 4) is 11.1 Å². The third-order valence-electron chi connectivity index (χ3n) is 18.8. The fraction of sp³-hybridized carbons (Fsp3) is 0.333. The first-order valence-corrected chi connectivity index (χ1v) is 29.4. The topological polar surface area (TPSA) is 9.72 Å². The Bertz CT molecular complexity index is 3870. The molecule has 1 fully saturated rings. The summed E-state index contributed by atoms with van der Waals surface area (Å²) in [5.74, 6) is 0. The number of nitrogens with zero attached hydrogens (tertiary/aromatic N) is 3. The minimum absolute atomic E-state index is 0.0308. The van der Waals surface area contributed by atoms with Crippen LogP contribution in [0.4, 0.5) is 45.5 Å². The Balaban J connectivity index is 1.21. The molecule has 1 saturated carbocycles. The molecular weight excluding hydrogens is 950 g/mol. The van der Waals surface area contributed by atoms with E-state index in [0.717, 1.165) is 6.42 Å². The lowest BCUT2D eigenvalue weighted by molar-refractivity contribution is 0.195. The molecule has 9 aromatic rings. The van der Waals surface area contributed by atoms with Crippen molar-refractivity contribution in [3.05, 3.63) is 186 Å². The Morgan fingerprint density at radius 2 is 1.04 bits per heavy atom. The molecule has 4 aliphatic rings. The summed E-state index contributed by atoms with van der Waals surface area (Å²) >= 11 is 1.97. The lowest BCUT2D eigenvalue weighted by atomic mass is 9.33. The van der Waals surface area contributed by atoms with Gasteiger partial charge in [-0.2, -0.15) is 0 Å². The van der Waals surface area contributed by atoms with Gasteiger partial charge >= 0.3 is 0 Å². The summed E-state index contributed by atoms with van der Waals surface area (Å²) in [6.07, 6.45) is 4.74. The quantitative estimate of drug-likeness (QED) is 0.163. The average Bonchev–Trinajstić information content (AvgIpc) is 4.08. The van der Waals surface area contributed by atoms with E-state index in [1.807, 2.05) is 11.3 Å². The van der Waals surface area contributed by atoms with Gasteiger partial charge in [0.25, 0.3) is 6.71 Å². The Hall–Kier alpha value is -6.56. The predicted molar refractivity (Wildman–Crippen MR) is 336 cm³/mol. The van der Waals surface area contributed by atoms with Crippen LogP contribution in [0, 0.1) is 0 Å². The minimum Gasteiger partial charge on any atom is -0.334 e. The van der Waals surface area contributed by atoms with Crippen molar-refractivity contribution in [1.29, 1.82) is 0 Å². The van der Waals surface area contributed by atoms with Crippen LogP contribution in [0.2, 0.25) is 0 Å². The van der Waals surface area contributed by atoms with Crippen molar-refractivity contribution >= 4 is 100 Å². The van der Waals surface area contributed by atoms with Gasteiger partial charge in [0.1, 0.15) is 0 Å². The average molecular weight is 1030 g/mol. The van der Waals surface area contributed by atoms with Crippen molar-refractivity contribution < 1.29 is 0 Å². The summed E-state index contributed by atoms with van der Waals surface area (Å²) in [5, 5.41) is 2.66. The van der Waals surface area contributed by atoms with Gasteiger partial charge in [-0.25, -0.2) is 0 Å². The molecule has 4 heterocycles. The number of hydrogen-bond acceptors (Lipinski definition) is 4. The lowest BCUT2D eigenvalue weighted by Gasteiger charge is -2.51. The molecule has 3 nitrogen and oxygen atoms in total. The summed E-state index contributed by atoms with van der Waals surface area (Å²) in [5.41, 5.74) is 23.2. The molecule has 0 amide bonds. The molecule has 2 atom stereocenters. The van der Waals surface area contributed by atoms with Crippen LogP contribution >= 0.6 is 11.3 Å². The zero-order chi connectivity index (χ0) is 53.9. The maximum atomic E-state index is 2.84. The van der Waals surface area contributed by atoms with Crippen LogP contribution in [0.5, 0.6) is 0 Å². The van der Waals surface area contributed by atoms with Gasteiger partial charge in [-0.1, -0.05) is 200 Å². The molecule has 0 spiro atoms. The first-order chi connectivity index (χ1) is 36.5. The second-order valence-electron chi connectivity index (χ2n) is 27.8. The number of hydrogen-bond donors (Lipinski definition) is 0. The van der Waals surface area contributed by atoms with Crippen molar-refractivity contribution in [3.63, 3.8) is 0 Å². The number of rotatable bonds is 4. The summed E-state index contributed by atoms with van der Waals surface area (Å²) in [7, 11) is 0. The number of thiophene rings is 1. The van der Waals surface area contributed by atoms with Gasteiger partial charge in [-0.15, -0.1) is 11.3 Å². The van der Waals surface area contributed by atoms with E-state index >= 15 is 0 Å². The van der Waals surface area contributed by atoms with Crippen molar-refractivity contribution in [2.75, 3.05) is 14.7 Å². The maximum Gasteiger partial charge on any atom is 0.254 e.